The lowest BCUT2D eigenvalue weighted by atomic mass is 10.1. The predicted molar refractivity (Wildman–Crippen MR) is 79.4 cm³/mol. The fourth-order valence-corrected chi connectivity index (χ4v) is 1.87. The predicted octanol–water partition coefficient (Wildman–Crippen LogP) is 3.44. The summed E-state index contributed by atoms with van der Waals surface area (Å²) in [6.07, 6.45) is 3.02. The van der Waals surface area contributed by atoms with Crippen LogP contribution < -0.4 is 11.1 Å². The van der Waals surface area contributed by atoms with Crippen molar-refractivity contribution in [1.29, 1.82) is 0 Å². The molecule has 0 saturated heterocycles. The molecular formula is C15H24N2O2. The van der Waals surface area contributed by atoms with Gasteiger partial charge in [0, 0.05) is 6.04 Å². The summed E-state index contributed by atoms with van der Waals surface area (Å²) in [4.78, 5) is 11.7. The van der Waals surface area contributed by atoms with E-state index >= 15 is 0 Å². The molecule has 0 spiro atoms. The zero-order valence-corrected chi connectivity index (χ0v) is 12.0. The summed E-state index contributed by atoms with van der Waals surface area (Å²) in [5.74, 6) is -0.318. The van der Waals surface area contributed by atoms with Gasteiger partial charge in [-0.05, 0) is 38.0 Å². The van der Waals surface area contributed by atoms with Crippen molar-refractivity contribution in [1.82, 2.24) is 0 Å². The summed E-state index contributed by atoms with van der Waals surface area (Å²) < 4.78 is 5.08. The van der Waals surface area contributed by atoms with Gasteiger partial charge in [0.1, 0.15) is 0 Å². The number of anilines is 2. The third-order valence-corrected chi connectivity index (χ3v) is 2.85. The average Bonchev–Trinajstić information content (AvgIpc) is 2.38. The number of ether oxygens (including phenoxy) is 1. The van der Waals surface area contributed by atoms with Crippen molar-refractivity contribution in [2.24, 2.45) is 0 Å². The van der Waals surface area contributed by atoms with Crippen molar-refractivity contribution in [3.63, 3.8) is 0 Å². The van der Waals surface area contributed by atoms with E-state index in [0.29, 0.717) is 23.9 Å². The maximum atomic E-state index is 11.7. The molecule has 1 atom stereocenters. The highest BCUT2D eigenvalue weighted by molar-refractivity contribution is 5.91. The van der Waals surface area contributed by atoms with Gasteiger partial charge in [0.2, 0.25) is 0 Å². The van der Waals surface area contributed by atoms with E-state index in [1.165, 1.54) is 0 Å². The van der Waals surface area contributed by atoms with E-state index in [1.807, 2.05) is 13.0 Å². The zero-order chi connectivity index (χ0) is 14.3. The summed E-state index contributed by atoms with van der Waals surface area (Å²) in [6, 6.07) is 5.61. The molecule has 3 N–H and O–H groups in total. The molecule has 0 saturated carbocycles. The number of hydrogen-bond acceptors (Lipinski definition) is 4. The normalized spacial score (nSPS) is 11.9. The first-order valence-corrected chi connectivity index (χ1v) is 6.91. The van der Waals surface area contributed by atoms with Crippen molar-refractivity contribution in [2.45, 2.75) is 46.1 Å². The summed E-state index contributed by atoms with van der Waals surface area (Å²) in [5.41, 5.74) is 7.91. The quantitative estimate of drug-likeness (QED) is 0.585. The fraction of sp³-hybridized carbons (Fsp3) is 0.533. The second kappa shape index (κ2) is 7.67. The highest BCUT2D eigenvalue weighted by Crippen LogP contribution is 2.22. The molecule has 0 aromatic heterocycles. The second-order valence-corrected chi connectivity index (χ2v) is 4.77. The fourth-order valence-electron chi connectivity index (χ4n) is 1.87. The first-order valence-electron chi connectivity index (χ1n) is 6.91. The van der Waals surface area contributed by atoms with Gasteiger partial charge in [0.05, 0.1) is 23.5 Å². The molecule has 0 heterocycles. The van der Waals surface area contributed by atoms with Gasteiger partial charge in [-0.25, -0.2) is 4.79 Å². The van der Waals surface area contributed by atoms with Crippen molar-refractivity contribution in [3.8, 4) is 0 Å². The number of hydrogen-bond donors (Lipinski definition) is 2. The van der Waals surface area contributed by atoms with Gasteiger partial charge < -0.3 is 15.8 Å². The molecule has 0 aliphatic carbocycles. The third-order valence-electron chi connectivity index (χ3n) is 2.85. The van der Waals surface area contributed by atoms with Gasteiger partial charge in [-0.15, -0.1) is 0 Å². The lowest BCUT2D eigenvalue weighted by Gasteiger charge is -2.16. The lowest BCUT2D eigenvalue weighted by molar-refractivity contribution is 0.0505. The monoisotopic (exact) mass is 264 g/mol. The van der Waals surface area contributed by atoms with E-state index in [2.05, 4.69) is 19.2 Å². The smallest absolute Gasteiger partial charge is 0.338 e. The molecule has 4 nitrogen and oxygen atoms in total. The van der Waals surface area contributed by atoms with Crippen LogP contribution in [-0.4, -0.2) is 18.6 Å². The van der Waals surface area contributed by atoms with E-state index in [-0.39, 0.29) is 5.97 Å². The largest absolute Gasteiger partial charge is 0.462 e. The molecule has 19 heavy (non-hydrogen) atoms. The molecule has 1 unspecified atom stereocenters. The third kappa shape index (κ3) is 4.81. The first-order chi connectivity index (χ1) is 9.08. The van der Waals surface area contributed by atoms with Crippen molar-refractivity contribution < 1.29 is 9.53 Å². The van der Waals surface area contributed by atoms with Crippen molar-refractivity contribution >= 4 is 17.3 Å². The van der Waals surface area contributed by atoms with Gasteiger partial charge >= 0.3 is 5.97 Å². The number of nitrogens with one attached hydrogen (secondary N) is 1. The summed E-state index contributed by atoms with van der Waals surface area (Å²) in [6.45, 7) is 6.66. The minimum Gasteiger partial charge on any atom is -0.462 e. The van der Waals surface area contributed by atoms with Gasteiger partial charge in [-0.1, -0.05) is 20.3 Å². The Balaban J connectivity index is 2.71. The van der Waals surface area contributed by atoms with E-state index in [0.717, 1.165) is 24.9 Å². The Kier molecular flexibility index (Phi) is 6.19. The van der Waals surface area contributed by atoms with Crippen LogP contribution in [0.1, 0.15) is 50.4 Å². The average molecular weight is 264 g/mol. The molecule has 106 valence electrons. The Morgan fingerprint density at radius 2 is 2.11 bits per heavy atom. The highest BCUT2D eigenvalue weighted by Gasteiger charge is 2.10. The van der Waals surface area contributed by atoms with Crippen molar-refractivity contribution in [2.75, 3.05) is 17.7 Å². The van der Waals surface area contributed by atoms with Crippen molar-refractivity contribution in [3.05, 3.63) is 23.8 Å². The SMILES string of the molecule is CCCOC(=O)c1ccc(NC(C)CCC)c(N)c1. The number of carbonyl (C=O) groups excluding carboxylic acids is 1. The van der Waals surface area contributed by atoms with E-state index in [9.17, 15) is 4.79 Å². The van der Waals surface area contributed by atoms with Crippen LogP contribution in [0.25, 0.3) is 0 Å². The molecule has 1 aromatic rings. The maximum absolute atomic E-state index is 11.7. The molecule has 0 fully saturated rings. The second-order valence-electron chi connectivity index (χ2n) is 4.77. The number of nitrogens with two attached hydrogens (primary N) is 1. The first kappa shape index (κ1) is 15.3. The van der Waals surface area contributed by atoms with E-state index in [4.69, 9.17) is 10.5 Å². The zero-order valence-electron chi connectivity index (χ0n) is 12.0. The van der Waals surface area contributed by atoms with Crippen LogP contribution in [0.15, 0.2) is 18.2 Å². The Bertz CT molecular complexity index is 419. The Labute approximate surface area is 115 Å². The van der Waals surface area contributed by atoms with Gasteiger partial charge in [0.25, 0.3) is 0 Å². The molecule has 4 heteroatoms. The molecule has 0 bridgehead atoms. The number of rotatable bonds is 7. The number of benzene rings is 1. The molecule has 0 amide bonds. The maximum Gasteiger partial charge on any atom is 0.338 e. The van der Waals surface area contributed by atoms with Gasteiger partial charge in [-0.3, -0.25) is 0 Å². The Hall–Kier alpha value is -1.71. The molecular weight excluding hydrogens is 240 g/mol. The van der Waals surface area contributed by atoms with Gasteiger partial charge in [-0.2, -0.15) is 0 Å². The topological polar surface area (TPSA) is 64.3 Å². The molecule has 0 radical (unpaired) electrons. The highest BCUT2D eigenvalue weighted by atomic mass is 16.5. The van der Waals surface area contributed by atoms with Crippen LogP contribution in [0.2, 0.25) is 0 Å². The van der Waals surface area contributed by atoms with Crippen LogP contribution in [0.5, 0.6) is 0 Å². The minimum atomic E-state index is -0.318. The number of esters is 1. The van der Waals surface area contributed by atoms with Crippen LogP contribution >= 0.6 is 0 Å². The number of carbonyl (C=O) groups is 1. The summed E-state index contributed by atoms with van der Waals surface area (Å²) >= 11 is 0. The standard InChI is InChI=1S/C15H24N2O2/c1-4-6-11(3)17-14-8-7-12(10-13(14)16)15(18)19-9-5-2/h7-8,10-11,17H,4-6,9,16H2,1-3H3. The van der Waals surface area contributed by atoms with Crippen LogP contribution in [0.3, 0.4) is 0 Å². The minimum absolute atomic E-state index is 0.318. The molecule has 1 aromatic carbocycles. The van der Waals surface area contributed by atoms with Crippen LogP contribution in [-0.2, 0) is 4.74 Å². The summed E-state index contributed by atoms with van der Waals surface area (Å²) in [5, 5.41) is 3.34. The Morgan fingerprint density at radius 1 is 1.37 bits per heavy atom. The molecule has 1 rings (SSSR count). The molecule has 0 aliphatic heterocycles. The lowest BCUT2D eigenvalue weighted by Crippen LogP contribution is -2.16. The Morgan fingerprint density at radius 3 is 2.68 bits per heavy atom. The van der Waals surface area contributed by atoms with Gasteiger partial charge in [0.15, 0.2) is 0 Å². The summed E-state index contributed by atoms with van der Waals surface area (Å²) in [7, 11) is 0. The van der Waals surface area contributed by atoms with Crippen LogP contribution in [0.4, 0.5) is 11.4 Å². The molecule has 0 aliphatic rings. The van der Waals surface area contributed by atoms with E-state index < -0.39 is 0 Å². The van der Waals surface area contributed by atoms with E-state index in [1.54, 1.807) is 12.1 Å². The van der Waals surface area contributed by atoms with Crippen LogP contribution in [0, 0.1) is 0 Å². The number of nitrogen functional groups attached to an aromatic ring is 1.